The number of hydrogen-bond donors (Lipinski definition) is 2. The van der Waals surface area contributed by atoms with E-state index >= 15 is 0 Å². The van der Waals surface area contributed by atoms with Crippen molar-refractivity contribution in [2.24, 2.45) is 10.9 Å². The highest BCUT2D eigenvalue weighted by Crippen LogP contribution is 2.48. The van der Waals surface area contributed by atoms with Gasteiger partial charge in [0.15, 0.2) is 5.96 Å². The van der Waals surface area contributed by atoms with E-state index in [2.05, 4.69) is 46.8 Å². The first-order valence-corrected chi connectivity index (χ1v) is 10.4. The van der Waals surface area contributed by atoms with Gasteiger partial charge in [-0.3, -0.25) is 4.99 Å². The van der Waals surface area contributed by atoms with Crippen LogP contribution in [-0.4, -0.2) is 52.5 Å². The average Bonchev–Trinajstić information content (AvgIpc) is 3.49. The van der Waals surface area contributed by atoms with Crippen LogP contribution in [0.3, 0.4) is 0 Å². The topological polar surface area (TPSA) is 54.9 Å². The highest BCUT2D eigenvalue weighted by atomic mass is 127. The van der Waals surface area contributed by atoms with Gasteiger partial charge in [-0.25, -0.2) is 0 Å². The van der Waals surface area contributed by atoms with E-state index in [9.17, 15) is 0 Å². The number of hydrogen-bond acceptors (Lipinski definition) is 3. The number of ether oxygens (including phenoxy) is 2. The lowest BCUT2D eigenvalue weighted by Gasteiger charge is -2.22. The van der Waals surface area contributed by atoms with Crippen LogP contribution in [0.25, 0.3) is 0 Å². The predicted molar refractivity (Wildman–Crippen MR) is 126 cm³/mol. The van der Waals surface area contributed by atoms with Gasteiger partial charge in [-0.1, -0.05) is 24.3 Å². The zero-order valence-electron chi connectivity index (χ0n) is 17.3. The summed E-state index contributed by atoms with van der Waals surface area (Å²) in [6.45, 7) is 7.48. The second-order valence-corrected chi connectivity index (χ2v) is 7.93. The molecule has 2 N–H and O–H groups in total. The fourth-order valence-corrected chi connectivity index (χ4v) is 3.88. The van der Waals surface area contributed by atoms with Gasteiger partial charge in [-0.2, -0.15) is 0 Å². The smallest absolute Gasteiger partial charge is 0.191 e. The maximum atomic E-state index is 5.83. The molecule has 1 aliphatic heterocycles. The third-order valence-electron chi connectivity index (χ3n) is 5.84. The molecule has 28 heavy (non-hydrogen) atoms. The van der Waals surface area contributed by atoms with Gasteiger partial charge in [0.2, 0.25) is 0 Å². The molecule has 5 nitrogen and oxygen atoms in total. The Kier molecular flexibility index (Phi) is 10.0. The SMILES string of the molecule is CN=C(NCCCOCC1CCOCC1)NCC1(c2ccccc2C)CC1.I. The summed E-state index contributed by atoms with van der Waals surface area (Å²) in [7, 11) is 1.84. The largest absolute Gasteiger partial charge is 0.381 e. The van der Waals surface area contributed by atoms with Crippen LogP contribution in [0.2, 0.25) is 0 Å². The molecule has 0 unspecified atom stereocenters. The van der Waals surface area contributed by atoms with Crippen LogP contribution in [0.5, 0.6) is 0 Å². The van der Waals surface area contributed by atoms with Gasteiger partial charge in [-0.15, -0.1) is 24.0 Å². The predicted octanol–water partition coefficient (Wildman–Crippen LogP) is 3.64. The minimum atomic E-state index is 0. The van der Waals surface area contributed by atoms with Crippen LogP contribution in [-0.2, 0) is 14.9 Å². The monoisotopic (exact) mass is 501 g/mol. The van der Waals surface area contributed by atoms with Crippen LogP contribution in [0, 0.1) is 12.8 Å². The Bertz CT molecular complexity index is 614. The van der Waals surface area contributed by atoms with Gasteiger partial charge in [0, 0.05) is 52.0 Å². The Hall–Kier alpha value is -0.860. The summed E-state index contributed by atoms with van der Waals surface area (Å²) in [5.74, 6) is 1.57. The molecular weight excluding hydrogens is 465 g/mol. The van der Waals surface area contributed by atoms with Crippen LogP contribution in [0.4, 0.5) is 0 Å². The van der Waals surface area contributed by atoms with E-state index in [0.29, 0.717) is 5.92 Å². The highest BCUT2D eigenvalue weighted by Gasteiger charge is 2.44. The van der Waals surface area contributed by atoms with E-state index in [-0.39, 0.29) is 29.4 Å². The van der Waals surface area contributed by atoms with Crippen LogP contribution in [0.1, 0.15) is 43.2 Å². The molecule has 0 atom stereocenters. The van der Waals surface area contributed by atoms with E-state index < -0.39 is 0 Å². The Morgan fingerprint density at radius 3 is 2.64 bits per heavy atom. The lowest BCUT2D eigenvalue weighted by atomic mass is 9.92. The maximum Gasteiger partial charge on any atom is 0.191 e. The average molecular weight is 501 g/mol. The summed E-state index contributed by atoms with van der Waals surface area (Å²) < 4.78 is 11.2. The molecule has 0 radical (unpaired) electrons. The van der Waals surface area contributed by atoms with Crippen molar-refractivity contribution in [1.29, 1.82) is 0 Å². The summed E-state index contributed by atoms with van der Waals surface area (Å²) >= 11 is 0. The number of aliphatic imine (C=N–C) groups is 1. The number of nitrogens with one attached hydrogen (secondary N) is 2. The van der Waals surface area contributed by atoms with E-state index in [1.807, 2.05) is 7.05 Å². The number of nitrogens with zero attached hydrogens (tertiary/aromatic N) is 1. The molecule has 0 amide bonds. The van der Waals surface area contributed by atoms with Gasteiger partial charge >= 0.3 is 0 Å². The molecule has 2 aliphatic rings. The molecular formula is C22H36IN3O2. The first-order valence-electron chi connectivity index (χ1n) is 10.4. The van der Waals surface area contributed by atoms with Crippen LogP contribution < -0.4 is 10.6 Å². The quantitative estimate of drug-likeness (QED) is 0.235. The Labute approximate surface area is 187 Å². The summed E-state index contributed by atoms with van der Waals surface area (Å²) in [5, 5.41) is 6.94. The number of rotatable bonds is 9. The van der Waals surface area contributed by atoms with E-state index in [0.717, 1.165) is 64.7 Å². The standard InChI is InChI=1S/C22H35N3O2.HI/c1-18-6-3-4-7-20(18)22(10-11-22)17-25-21(23-2)24-12-5-13-27-16-19-8-14-26-15-9-19;/h3-4,6-7,19H,5,8-17H2,1-2H3,(H2,23,24,25);1H. The number of aryl methyl sites for hydroxylation is 1. The number of benzene rings is 1. The van der Waals surface area contributed by atoms with Gasteiger partial charge in [0.05, 0.1) is 0 Å². The van der Waals surface area contributed by atoms with E-state index in [1.54, 1.807) is 0 Å². The summed E-state index contributed by atoms with van der Waals surface area (Å²) in [6.07, 6.45) is 5.77. The van der Waals surface area contributed by atoms with Crippen molar-refractivity contribution in [3.05, 3.63) is 35.4 Å². The van der Waals surface area contributed by atoms with Gasteiger partial charge in [0.1, 0.15) is 0 Å². The fraction of sp³-hybridized carbons (Fsp3) is 0.682. The molecule has 0 spiro atoms. The maximum absolute atomic E-state index is 5.83. The van der Waals surface area contributed by atoms with Crippen molar-refractivity contribution < 1.29 is 9.47 Å². The van der Waals surface area contributed by atoms with E-state index in [4.69, 9.17) is 9.47 Å². The Balaban J connectivity index is 0.00000280. The Morgan fingerprint density at radius 2 is 1.96 bits per heavy atom. The summed E-state index contributed by atoms with van der Waals surface area (Å²) in [6, 6.07) is 8.75. The van der Waals surface area contributed by atoms with Crippen LogP contribution in [0.15, 0.2) is 29.3 Å². The van der Waals surface area contributed by atoms with Crippen molar-refractivity contribution in [3.8, 4) is 0 Å². The zero-order chi connectivity index (χ0) is 19.0. The lowest BCUT2D eigenvalue weighted by Crippen LogP contribution is -2.41. The normalized spacial score (nSPS) is 19.0. The molecule has 1 aliphatic carbocycles. The van der Waals surface area contributed by atoms with Crippen molar-refractivity contribution in [2.45, 2.75) is 44.4 Å². The molecule has 1 saturated heterocycles. The number of halogens is 1. The third kappa shape index (κ3) is 6.88. The minimum Gasteiger partial charge on any atom is -0.381 e. The summed E-state index contributed by atoms with van der Waals surface area (Å²) in [5.41, 5.74) is 3.16. The van der Waals surface area contributed by atoms with Gasteiger partial charge < -0.3 is 20.1 Å². The fourth-order valence-electron chi connectivity index (χ4n) is 3.88. The zero-order valence-corrected chi connectivity index (χ0v) is 19.7. The lowest BCUT2D eigenvalue weighted by molar-refractivity contribution is 0.0203. The molecule has 0 bridgehead atoms. The highest BCUT2D eigenvalue weighted by molar-refractivity contribution is 14.0. The third-order valence-corrected chi connectivity index (χ3v) is 5.84. The van der Waals surface area contributed by atoms with Crippen molar-refractivity contribution in [3.63, 3.8) is 0 Å². The first kappa shape index (κ1) is 23.4. The second-order valence-electron chi connectivity index (χ2n) is 7.93. The molecule has 3 rings (SSSR count). The molecule has 6 heteroatoms. The Morgan fingerprint density at radius 1 is 1.21 bits per heavy atom. The molecule has 2 fully saturated rings. The molecule has 1 heterocycles. The molecule has 1 aromatic carbocycles. The summed E-state index contributed by atoms with van der Waals surface area (Å²) in [4.78, 5) is 4.37. The minimum absolute atomic E-state index is 0. The second kappa shape index (κ2) is 12.0. The number of guanidine groups is 1. The van der Waals surface area contributed by atoms with Gasteiger partial charge in [0.25, 0.3) is 0 Å². The molecule has 0 aromatic heterocycles. The van der Waals surface area contributed by atoms with Crippen molar-refractivity contribution in [1.82, 2.24) is 10.6 Å². The van der Waals surface area contributed by atoms with Gasteiger partial charge in [-0.05, 0) is 56.1 Å². The molecule has 158 valence electrons. The molecule has 1 saturated carbocycles. The molecule has 1 aromatic rings. The first-order chi connectivity index (χ1) is 13.2. The van der Waals surface area contributed by atoms with Crippen molar-refractivity contribution in [2.75, 3.05) is 46.6 Å². The van der Waals surface area contributed by atoms with E-state index in [1.165, 1.54) is 24.0 Å². The van der Waals surface area contributed by atoms with Crippen molar-refractivity contribution >= 4 is 29.9 Å². The van der Waals surface area contributed by atoms with Crippen LogP contribution >= 0.6 is 24.0 Å².